The third kappa shape index (κ3) is 4.15. The zero-order valence-corrected chi connectivity index (χ0v) is 18.9. The van der Waals surface area contributed by atoms with E-state index in [0.717, 1.165) is 41.6 Å². The predicted octanol–water partition coefficient (Wildman–Crippen LogP) is 2.90. The van der Waals surface area contributed by atoms with Gasteiger partial charge in [-0.25, -0.2) is 17.5 Å². The number of sulfone groups is 1. The van der Waals surface area contributed by atoms with Crippen LogP contribution in [0, 0.1) is 11.7 Å². The van der Waals surface area contributed by atoms with Gasteiger partial charge < -0.3 is 4.57 Å². The Morgan fingerprint density at radius 1 is 1.19 bits per heavy atom. The number of aromatic nitrogens is 5. The van der Waals surface area contributed by atoms with Crippen LogP contribution in [0.25, 0.3) is 5.69 Å². The third-order valence-corrected chi connectivity index (χ3v) is 9.01. The van der Waals surface area contributed by atoms with Crippen molar-refractivity contribution in [2.24, 2.45) is 13.0 Å². The van der Waals surface area contributed by atoms with Crippen LogP contribution in [0.1, 0.15) is 35.6 Å². The fraction of sp³-hybridized carbons (Fsp3) is 0.476. The van der Waals surface area contributed by atoms with Crippen molar-refractivity contribution < 1.29 is 12.8 Å². The van der Waals surface area contributed by atoms with Gasteiger partial charge in [-0.15, -0.1) is 10.2 Å². The fourth-order valence-corrected chi connectivity index (χ4v) is 7.26. The SMILES string of the molecule is Cn1c(CC2CCS(=O)(=O)C2)nnc1SCc1nn(-c2ccc(F)cc2)c2c1CCC2. The summed E-state index contributed by atoms with van der Waals surface area (Å²) < 4.78 is 40.7. The van der Waals surface area contributed by atoms with Gasteiger partial charge in [-0.3, -0.25) is 0 Å². The van der Waals surface area contributed by atoms with Gasteiger partial charge in [0.25, 0.3) is 0 Å². The summed E-state index contributed by atoms with van der Waals surface area (Å²) in [7, 11) is -0.958. The molecule has 3 aromatic rings. The molecule has 1 fully saturated rings. The minimum atomic E-state index is -2.89. The van der Waals surface area contributed by atoms with E-state index in [-0.39, 0.29) is 23.2 Å². The summed E-state index contributed by atoms with van der Waals surface area (Å²) in [5.41, 5.74) is 4.41. The highest BCUT2D eigenvalue weighted by Crippen LogP contribution is 2.32. The first-order chi connectivity index (χ1) is 14.9. The van der Waals surface area contributed by atoms with Crippen molar-refractivity contribution in [3.05, 3.63) is 52.9 Å². The van der Waals surface area contributed by atoms with Crippen molar-refractivity contribution in [2.75, 3.05) is 11.5 Å². The van der Waals surface area contributed by atoms with Gasteiger partial charge in [-0.05, 0) is 61.4 Å². The van der Waals surface area contributed by atoms with Crippen LogP contribution in [-0.2, 0) is 41.9 Å². The fourth-order valence-electron chi connectivity index (χ4n) is 4.50. The molecule has 2 aromatic heterocycles. The summed E-state index contributed by atoms with van der Waals surface area (Å²) >= 11 is 1.59. The highest BCUT2D eigenvalue weighted by Gasteiger charge is 2.29. The zero-order valence-electron chi connectivity index (χ0n) is 17.3. The highest BCUT2D eigenvalue weighted by atomic mass is 32.2. The van der Waals surface area contributed by atoms with E-state index in [0.29, 0.717) is 18.6 Å². The highest BCUT2D eigenvalue weighted by molar-refractivity contribution is 7.98. The molecule has 3 heterocycles. The van der Waals surface area contributed by atoms with E-state index in [9.17, 15) is 12.8 Å². The number of nitrogens with zero attached hydrogens (tertiary/aromatic N) is 5. The second-order valence-electron chi connectivity index (χ2n) is 8.33. The smallest absolute Gasteiger partial charge is 0.191 e. The molecule has 0 spiro atoms. The van der Waals surface area contributed by atoms with Crippen molar-refractivity contribution >= 4 is 21.6 Å². The Morgan fingerprint density at radius 2 is 2.00 bits per heavy atom. The quantitative estimate of drug-likeness (QED) is 0.525. The van der Waals surface area contributed by atoms with Crippen molar-refractivity contribution in [2.45, 2.75) is 43.0 Å². The lowest BCUT2D eigenvalue weighted by atomic mass is 10.1. The summed E-state index contributed by atoms with van der Waals surface area (Å²) in [6.07, 6.45) is 4.42. The molecule has 10 heteroatoms. The van der Waals surface area contributed by atoms with Crippen molar-refractivity contribution in [3.8, 4) is 5.69 Å². The van der Waals surface area contributed by atoms with Crippen molar-refractivity contribution in [1.29, 1.82) is 0 Å². The maximum absolute atomic E-state index is 13.3. The average Bonchev–Trinajstić information content (AvgIpc) is 3.48. The first kappa shape index (κ1) is 20.7. The van der Waals surface area contributed by atoms with Crippen LogP contribution in [0.3, 0.4) is 0 Å². The predicted molar refractivity (Wildman–Crippen MR) is 117 cm³/mol. The maximum Gasteiger partial charge on any atom is 0.191 e. The molecule has 1 unspecified atom stereocenters. The Hall–Kier alpha value is -2.20. The molecule has 0 saturated carbocycles. The first-order valence-corrected chi connectivity index (χ1v) is 13.3. The molecule has 31 heavy (non-hydrogen) atoms. The maximum atomic E-state index is 13.3. The molecule has 1 aliphatic carbocycles. The Morgan fingerprint density at radius 3 is 2.74 bits per heavy atom. The topological polar surface area (TPSA) is 82.7 Å². The molecule has 7 nitrogen and oxygen atoms in total. The summed E-state index contributed by atoms with van der Waals surface area (Å²) in [6, 6.07) is 6.44. The van der Waals surface area contributed by atoms with Gasteiger partial charge in [0.2, 0.25) is 0 Å². The number of hydrogen-bond acceptors (Lipinski definition) is 6. The van der Waals surface area contributed by atoms with Gasteiger partial charge in [0.1, 0.15) is 11.6 Å². The largest absolute Gasteiger partial charge is 0.309 e. The Balaban J connectivity index is 1.31. The molecule has 164 valence electrons. The number of rotatable bonds is 6. The summed E-state index contributed by atoms with van der Waals surface area (Å²) in [4.78, 5) is 0. The second-order valence-corrected chi connectivity index (χ2v) is 11.5. The van der Waals surface area contributed by atoms with Crippen LogP contribution in [0.4, 0.5) is 4.39 Å². The molecule has 1 aromatic carbocycles. The van der Waals surface area contributed by atoms with E-state index < -0.39 is 9.84 Å². The molecule has 1 saturated heterocycles. The van der Waals surface area contributed by atoms with Gasteiger partial charge in [0.05, 0.1) is 22.9 Å². The lowest BCUT2D eigenvalue weighted by molar-refractivity contribution is 0.552. The van der Waals surface area contributed by atoms with Gasteiger partial charge in [0.15, 0.2) is 15.0 Å². The van der Waals surface area contributed by atoms with E-state index in [1.165, 1.54) is 23.4 Å². The van der Waals surface area contributed by atoms with E-state index in [1.807, 2.05) is 16.3 Å². The number of hydrogen-bond donors (Lipinski definition) is 0. The molecular weight excluding hydrogens is 437 g/mol. The van der Waals surface area contributed by atoms with E-state index in [1.54, 1.807) is 23.9 Å². The van der Waals surface area contributed by atoms with Crippen LogP contribution in [0.2, 0.25) is 0 Å². The van der Waals surface area contributed by atoms with E-state index in [4.69, 9.17) is 5.10 Å². The standard InChI is InChI=1S/C21H24FN5O2S2/c1-26-20(11-14-9-10-31(28,29)13-14)23-24-21(26)30-12-18-17-3-2-4-19(17)27(25-18)16-7-5-15(22)6-8-16/h5-8,14H,2-4,9-13H2,1H3. The van der Waals surface area contributed by atoms with E-state index >= 15 is 0 Å². The molecular formula is C21H24FN5O2S2. The van der Waals surface area contributed by atoms with Gasteiger partial charge in [0, 0.05) is 24.9 Å². The van der Waals surface area contributed by atoms with Gasteiger partial charge in [-0.2, -0.15) is 5.10 Å². The van der Waals surface area contributed by atoms with Crippen LogP contribution < -0.4 is 0 Å². The zero-order chi connectivity index (χ0) is 21.6. The Bertz CT molecular complexity index is 1220. The lowest BCUT2D eigenvalue weighted by Crippen LogP contribution is -2.11. The number of thioether (sulfide) groups is 1. The molecule has 0 N–H and O–H groups in total. The third-order valence-electron chi connectivity index (χ3n) is 6.15. The van der Waals surface area contributed by atoms with Gasteiger partial charge in [-0.1, -0.05) is 11.8 Å². The van der Waals surface area contributed by atoms with Crippen LogP contribution in [0.5, 0.6) is 0 Å². The summed E-state index contributed by atoms with van der Waals surface area (Å²) in [5.74, 6) is 1.90. The van der Waals surface area contributed by atoms with Crippen molar-refractivity contribution in [1.82, 2.24) is 24.5 Å². The van der Waals surface area contributed by atoms with Crippen LogP contribution in [0.15, 0.2) is 29.4 Å². The van der Waals surface area contributed by atoms with Gasteiger partial charge >= 0.3 is 0 Å². The normalized spacial score (nSPS) is 19.7. The number of fused-ring (bicyclic) bond motifs is 1. The van der Waals surface area contributed by atoms with E-state index in [2.05, 4.69) is 10.2 Å². The van der Waals surface area contributed by atoms with Crippen molar-refractivity contribution in [3.63, 3.8) is 0 Å². The lowest BCUT2D eigenvalue weighted by Gasteiger charge is -2.07. The monoisotopic (exact) mass is 461 g/mol. The number of benzene rings is 1. The van der Waals surface area contributed by atoms with Crippen LogP contribution in [-0.4, -0.2) is 44.5 Å². The molecule has 1 atom stereocenters. The van der Waals surface area contributed by atoms with Crippen LogP contribution >= 0.6 is 11.8 Å². The molecule has 0 radical (unpaired) electrons. The molecule has 1 aliphatic heterocycles. The Kier molecular flexibility index (Phi) is 5.37. The molecule has 0 bridgehead atoms. The molecule has 2 aliphatic rings. The summed E-state index contributed by atoms with van der Waals surface area (Å²) in [6.45, 7) is 0. The average molecular weight is 462 g/mol. The minimum absolute atomic E-state index is 0.125. The number of halogens is 1. The molecule has 5 rings (SSSR count). The molecule has 0 amide bonds. The first-order valence-electron chi connectivity index (χ1n) is 10.5. The summed E-state index contributed by atoms with van der Waals surface area (Å²) in [5, 5.41) is 14.3. The minimum Gasteiger partial charge on any atom is -0.309 e. The second kappa shape index (κ2) is 8.05. The Labute approximate surface area is 185 Å².